The van der Waals surface area contributed by atoms with E-state index in [0.717, 1.165) is 25.8 Å². The van der Waals surface area contributed by atoms with Crippen LogP contribution in [0.4, 0.5) is 0 Å². The fourth-order valence-corrected chi connectivity index (χ4v) is 2.93. The van der Waals surface area contributed by atoms with Gasteiger partial charge < -0.3 is 10.4 Å². The summed E-state index contributed by atoms with van der Waals surface area (Å²) in [6, 6.07) is 8.60. The lowest BCUT2D eigenvalue weighted by atomic mass is 9.92. The third-order valence-electron chi connectivity index (χ3n) is 4.06. The number of rotatable bonds is 3. The summed E-state index contributed by atoms with van der Waals surface area (Å²) in [6.07, 6.45) is 7.92. The minimum absolute atomic E-state index is 0.189. The highest BCUT2D eigenvalue weighted by Gasteiger charge is 2.22. The number of hydrogen-bond donors (Lipinski definition) is 2. The zero-order valence-electron chi connectivity index (χ0n) is 11.0. The van der Waals surface area contributed by atoms with E-state index in [4.69, 9.17) is 0 Å². The summed E-state index contributed by atoms with van der Waals surface area (Å²) >= 11 is 0. The van der Waals surface area contributed by atoms with Gasteiger partial charge in [-0.1, -0.05) is 31.0 Å². The van der Waals surface area contributed by atoms with Gasteiger partial charge in [-0.3, -0.25) is 4.98 Å². The first-order chi connectivity index (χ1) is 9.34. The summed E-state index contributed by atoms with van der Waals surface area (Å²) in [5.41, 5.74) is 1.28. The standard InChI is InChI=1S/C16H20N2O/c19-16-7-2-1-6-15(16)18-11-13-5-3-4-12-10-17-9-8-14(12)13/h3-5,8-10,15-16,18-19H,1-2,6-7,11H2. The molecule has 3 nitrogen and oxygen atoms in total. The quantitative estimate of drug-likeness (QED) is 0.887. The number of aliphatic hydroxyl groups is 1. The van der Waals surface area contributed by atoms with Crippen LogP contribution in [0.1, 0.15) is 31.2 Å². The molecular weight excluding hydrogens is 236 g/mol. The van der Waals surface area contributed by atoms with Gasteiger partial charge in [0, 0.05) is 30.4 Å². The molecule has 1 aromatic heterocycles. The van der Waals surface area contributed by atoms with Crippen LogP contribution in [0, 0.1) is 0 Å². The van der Waals surface area contributed by atoms with Crippen molar-refractivity contribution >= 4 is 10.8 Å². The molecule has 1 saturated carbocycles. The van der Waals surface area contributed by atoms with Gasteiger partial charge in [-0.15, -0.1) is 0 Å². The molecule has 2 unspecified atom stereocenters. The van der Waals surface area contributed by atoms with E-state index in [2.05, 4.69) is 34.6 Å². The molecule has 1 aliphatic rings. The van der Waals surface area contributed by atoms with E-state index >= 15 is 0 Å². The van der Waals surface area contributed by atoms with Crippen molar-refractivity contribution in [2.75, 3.05) is 0 Å². The van der Waals surface area contributed by atoms with Gasteiger partial charge in [-0.05, 0) is 29.9 Å². The molecule has 2 atom stereocenters. The Morgan fingerprint density at radius 1 is 1.21 bits per heavy atom. The maximum absolute atomic E-state index is 9.99. The molecule has 1 aliphatic carbocycles. The Bertz CT molecular complexity index is 550. The van der Waals surface area contributed by atoms with Gasteiger partial charge in [0.25, 0.3) is 0 Å². The van der Waals surface area contributed by atoms with Gasteiger partial charge >= 0.3 is 0 Å². The van der Waals surface area contributed by atoms with Crippen molar-refractivity contribution in [1.29, 1.82) is 0 Å². The summed E-state index contributed by atoms with van der Waals surface area (Å²) in [5, 5.41) is 15.9. The number of aliphatic hydroxyl groups excluding tert-OH is 1. The number of pyridine rings is 1. The number of hydrogen-bond acceptors (Lipinski definition) is 3. The van der Waals surface area contributed by atoms with E-state index < -0.39 is 0 Å². The molecule has 2 N–H and O–H groups in total. The Balaban J connectivity index is 1.74. The van der Waals surface area contributed by atoms with Crippen molar-refractivity contribution < 1.29 is 5.11 Å². The number of aromatic nitrogens is 1. The van der Waals surface area contributed by atoms with Crippen LogP contribution in [0.5, 0.6) is 0 Å². The number of fused-ring (bicyclic) bond motifs is 1. The van der Waals surface area contributed by atoms with Gasteiger partial charge in [0.05, 0.1) is 6.10 Å². The first-order valence-corrected chi connectivity index (χ1v) is 7.07. The molecule has 1 aromatic carbocycles. The largest absolute Gasteiger partial charge is 0.392 e. The van der Waals surface area contributed by atoms with Crippen LogP contribution < -0.4 is 5.32 Å². The molecular formula is C16H20N2O. The topological polar surface area (TPSA) is 45.1 Å². The Morgan fingerprint density at radius 2 is 2.11 bits per heavy atom. The Kier molecular flexibility index (Phi) is 3.76. The molecule has 0 spiro atoms. The molecule has 100 valence electrons. The van der Waals surface area contributed by atoms with Gasteiger partial charge in [0.1, 0.15) is 0 Å². The average molecular weight is 256 g/mol. The minimum Gasteiger partial charge on any atom is -0.392 e. The highest BCUT2D eigenvalue weighted by Crippen LogP contribution is 2.21. The van der Waals surface area contributed by atoms with E-state index in [9.17, 15) is 5.11 Å². The molecule has 1 fully saturated rings. The molecule has 0 amide bonds. The number of benzene rings is 1. The summed E-state index contributed by atoms with van der Waals surface area (Å²) in [6.45, 7) is 0.809. The predicted molar refractivity (Wildman–Crippen MR) is 76.8 cm³/mol. The molecule has 2 aromatic rings. The van der Waals surface area contributed by atoms with Crippen LogP contribution in [-0.2, 0) is 6.54 Å². The van der Waals surface area contributed by atoms with Gasteiger partial charge in [0.2, 0.25) is 0 Å². The third-order valence-corrected chi connectivity index (χ3v) is 4.06. The van der Waals surface area contributed by atoms with Gasteiger partial charge in [0.15, 0.2) is 0 Å². The van der Waals surface area contributed by atoms with E-state index in [-0.39, 0.29) is 12.1 Å². The molecule has 3 heteroatoms. The molecule has 0 aliphatic heterocycles. The highest BCUT2D eigenvalue weighted by molar-refractivity contribution is 5.84. The molecule has 3 rings (SSSR count). The van der Waals surface area contributed by atoms with Crippen LogP contribution in [0.3, 0.4) is 0 Å². The van der Waals surface area contributed by atoms with Crippen LogP contribution in [0.2, 0.25) is 0 Å². The van der Waals surface area contributed by atoms with E-state index in [0.29, 0.717) is 0 Å². The second-order valence-corrected chi connectivity index (χ2v) is 5.35. The maximum Gasteiger partial charge on any atom is 0.0693 e. The first kappa shape index (κ1) is 12.6. The minimum atomic E-state index is -0.189. The SMILES string of the molecule is OC1CCCCC1NCc1cccc2cnccc12. The van der Waals surface area contributed by atoms with Crippen LogP contribution >= 0.6 is 0 Å². The van der Waals surface area contributed by atoms with Crippen molar-refractivity contribution in [2.45, 2.75) is 44.4 Å². The summed E-state index contributed by atoms with van der Waals surface area (Å²) in [7, 11) is 0. The van der Waals surface area contributed by atoms with Crippen molar-refractivity contribution in [3.63, 3.8) is 0 Å². The van der Waals surface area contributed by atoms with Gasteiger partial charge in [-0.25, -0.2) is 0 Å². The van der Waals surface area contributed by atoms with Gasteiger partial charge in [-0.2, -0.15) is 0 Å². The van der Waals surface area contributed by atoms with Crippen LogP contribution in [-0.4, -0.2) is 22.2 Å². The lowest BCUT2D eigenvalue weighted by Crippen LogP contribution is -2.41. The Labute approximate surface area is 113 Å². The first-order valence-electron chi connectivity index (χ1n) is 7.07. The fraction of sp³-hybridized carbons (Fsp3) is 0.438. The van der Waals surface area contributed by atoms with E-state index in [1.807, 2.05) is 12.4 Å². The van der Waals surface area contributed by atoms with E-state index in [1.54, 1.807) is 0 Å². The number of nitrogens with one attached hydrogen (secondary N) is 1. The lowest BCUT2D eigenvalue weighted by Gasteiger charge is -2.28. The smallest absolute Gasteiger partial charge is 0.0693 e. The molecule has 19 heavy (non-hydrogen) atoms. The predicted octanol–water partition coefficient (Wildman–Crippen LogP) is 2.63. The highest BCUT2D eigenvalue weighted by atomic mass is 16.3. The summed E-state index contributed by atoms with van der Waals surface area (Å²) in [4.78, 5) is 4.16. The van der Waals surface area contributed by atoms with Crippen LogP contribution in [0.25, 0.3) is 10.8 Å². The second-order valence-electron chi connectivity index (χ2n) is 5.35. The number of nitrogens with zero attached hydrogens (tertiary/aromatic N) is 1. The molecule has 0 bridgehead atoms. The summed E-state index contributed by atoms with van der Waals surface area (Å²) in [5.74, 6) is 0. The fourth-order valence-electron chi connectivity index (χ4n) is 2.93. The normalized spacial score (nSPS) is 23.6. The van der Waals surface area contributed by atoms with Crippen molar-refractivity contribution in [3.05, 3.63) is 42.2 Å². The van der Waals surface area contributed by atoms with Crippen molar-refractivity contribution in [1.82, 2.24) is 10.3 Å². The zero-order valence-corrected chi connectivity index (χ0v) is 11.0. The van der Waals surface area contributed by atoms with Crippen molar-refractivity contribution in [3.8, 4) is 0 Å². The molecule has 1 heterocycles. The van der Waals surface area contributed by atoms with Crippen molar-refractivity contribution in [2.24, 2.45) is 0 Å². The molecule has 0 radical (unpaired) electrons. The Hall–Kier alpha value is -1.45. The second kappa shape index (κ2) is 5.68. The molecule has 0 saturated heterocycles. The van der Waals surface area contributed by atoms with E-state index in [1.165, 1.54) is 22.8 Å². The maximum atomic E-state index is 9.99. The van der Waals surface area contributed by atoms with Crippen LogP contribution in [0.15, 0.2) is 36.7 Å². The third kappa shape index (κ3) is 2.77. The zero-order chi connectivity index (χ0) is 13.1. The monoisotopic (exact) mass is 256 g/mol. The average Bonchev–Trinajstić information content (AvgIpc) is 2.46. The lowest BCUT2D eigenvalue weighted by molar-refractivity contribution is 0.0903. The Morgan fingerprint density at radius 3 is 3.00 bits per heavy atom. The summed E-state index contributed by atoms with van der Waals surface area (Å²) < 4.78 is 0.